The highest BCUT2D eigenvalue weighted by Gasteiger charge is 2.51. The molecular weight excluding hydrogens is 283 g/mol. The predicted octanol–water partition coefficient (Wildman–Crippen LogP) is 3.25. The highest BCUT2D eigenvalue weighted by Crippen LogP contribution is 2.57. The van der Waals surface area contributed by atoms with Gasteiger partial charge in [0, 0.05) is 23.4 Å². The van der Waals surface area contributed by atoms with Gasteiger partial charge in [-0.3, -0.25) is 0 Å². The zero-order valence-corrected chi connectivity index (χ0v) is 11.8. The fourth-order valence-corrected chi connectivity index (χ4v) is 2.98. The van der Waals surface area contributed by atoms with E-state index in [4.69, 9.17) is 15.2 Å². The van der Waals surface area contributed by atoms with Gasteiger partial charge in [-0.2, -0.15) is 13.2 Å². The summed E-state index contributed by atoms with van der Waals surface area (Å²) in [5, 5.41) is 0. The molecule has 1 aliphatic carbocycles. The van der Waals surface area contributed by atoms with Gasteiger partial charge in [0.05, 0.1) is 13.2 Å². The van der Waals surface area contributed by atoms with Crippen molar-refractivity contribution in [2.24, 2.45) is 5.73 Å². The molecule has 0 bridgehead atoms. The van der Waals surface area contributed by atoms with Gasteiger partial charge in [0.25, 0.3) is 0 Å². The quantitative estimate of drug-likeness (QED) is 0.912. The van der Waals surface area contributed by atoms with E-state index in [1.54, 1.807) is 0 Å². The van der Waals surface area contributed by atoms with Gasteiger partial charge in [-0.1, -0.05) is 6.07 Å². The Labute approximate surface area is 121 Å². The zero-order chi connectivity index (χ0) is 15.3. The molecule has 1 unspecified atom stereocenters. The molecule has 1 aliphatic heterocycles. The van der Waals surface area contributed by atoms with Crippen molar-refractivity contribution in [2.75, 3.05) is 13.2 Å². The molecule has 0 radical (unpaired) electrons. The molecule has 3 rings (SSSR count). The maximum Gasteiger partial charge on any atom is 0.420 e. The highest BCUT2D eigenvalue weighted by molar-refractivity contribution is 5.58. The van der Waals surface area contributed by atoms with Crippen LogP contribution in [0.1, 0.15) is 37.3 Å². The van der Waals surface area contributed by atoms with Gasteiger partial charge in [-0.25, -0.2) is 0 Å². The van der Waals surface area contributed by atoms with Gasteiger partial charge in [-0.15, -0.1) is 0 Å². The summed E-state index contributed by atoms with van der Waals surface area (Å²) in [6.07, 6.45) is -2.16. The number of hydrogen-bond acceptors (Lipinski definition) is 3. The Morgan fingerprint density at radius 1 is 1.14 bits per heavy atom. The van der Waals surface area contributed by atoms with E-state index in [1.165, 1.54) is 6.07 Å². The first kappa shape index (κ1) is 14.5. The van der Waals surface area contributed by atoms with Crippen LogP contribution < -0.4 is 15.2 Å². The van der Waals surface area contributed by atoms with Crippen LogP contribution in [-0.2, 0) is 11.6 Å². The highest BCUT2D eigenvalue weighted by atomic mass is 19.4. The minimum atomic E-state index is -4.46. The minimum Gasteiger partial charge on any atom is -0.489 e. The summed E-state index contributed by atoms with van der Waals surface area (Å²) in [5.41, 5.74) is 5.74. The third-order valence-corrected chi connectivity index (χ3v) is 4.40. The van der Waals surface area contributed by atoms with Crippen molar-refractivity contribution in [3.63, 3.8) is 0 Å². The Morgan fingerprint density at radius 3 is 2.29 bits per heavy atom. The molecule has 3 nitrogen and oxygen atoms in total. The smallest absolute Gasteiger partial charge is 0.420 e. The Morgan fingerprint density at radius 2 is 1.76 bits per heavy atom. The van der Waals surface area contributed by atoms with Crippen molar-refractivity contribution in [2.45, 2.75) is 43.8 Å². The predicted molar refractivity (Wildman–Crippen MR) is 71.6 cm³/mol. The van der Waals surface area contributed by atoms with Gasteiger partial charge in [0.15, 0.2) is 11.5 Å². The Kier molecular flexibility index (Phi) is 3.31. The number of nitrogens with two attached hydrogens (primary N) is 1. The number of hydrogen-bond donors (Lipinski definition) is 1. The van der Waals surface area contributed by atoms with Crippen LogP contribution in [0.25, 0.3) is 0 Å². The summed E-state index contributed by atoms with van der Waals surface area (Å²) in [4.78, 5) is 0. The van der Waals surface area contributed by atoms with Gasteiger partial charge in [0.2, 0.25) is 0 Å². The molecule has 1 saturated carbocycles. The lowest BCUT2D eigenvalue weighted by atomic mass is 9.87. The van der Waals surface area contributed by atoms with Gasteiger partial charge in [0.1, 0.15) is 5.56 Å². The number of alkyl halides is 3. The molecule has 1 aromatic carbocycles. The molecule has 116 valence electrons. The van der Waals surface area contributed by atoms with E-state index < -0.39 is 11.7 Å². The molecular formula is C15H18F3NO2. The molecule has 0 amide bonds. The lowest BCUT2D eigenvalue weighted by molar-refractivity contribution is -0.139. The number of benzene rings is 1. The Hall–Kier alpha value is -1.43. The third-order valence-electron chi connectivity index (χ3n) is 4.40. The third kappa shape index (κ3) is 2.35. The fourth-order valence-electron chi connectivity index (χ4n) is 2.98. The van der Waals surface area contributed by atoms with Crippen LogP contribution in [0.15, 0.2) is 12.1 Å². The average molecular weight is 301 g/mol. The van der Waals surface area contributed by atoms with Crippen molar-refractivity contribution in [1.82, 2.24) is 0 Å². The minimum absolute atomic E-state index is 0.134. The number of halogens is 3. The first-order chi connectivity index (χ1) is 9.86. The summed E-state index contributed by atoms with van der Waals surface area (Å²) < 4.78 is 50.4. The lowest BCUT2D eigenvalue weighted by Gasteiger charge is -2.25. The SMILES string of the molecule is CC(N)C1(c2ccc(C(F)(F)F)c3c2OCCCO3)CC1. The average Bonchev–Trinajstić information content (AvgIpc) is 3.21. The van der Waals surface area contributed by atoms with E-state index in [2.05, 4.69) is 0 Å². The van der Waals surface area contributed by atoms with E-state index >= 15 is 0 Å². The lowest BCUT2D eigenvalue weighted by Crippen LogP contribution is -2.32. The van der Waals surface area contributed by atoms with Crippen molar-refractivity contribution >= 4 is 0 Å². The second-order valence-electron chi connectivity index (χ2n) is 5.81. The summed E-state index contributed by atoms with van der Waals surface area (Å²) in [7, 11) is 0. The van der Waals surface area contributed by atoms with E-state index in [1.807, 2.05) is 6.92 Å². The molecule has 21 heavy (non-hydrogen) atoms. The molecule has 0 saturated heterocycles. The van der Waals surface area contributed by atoms with E-state index in [-0.39, 0.29) is 29.6 Å². The first-order valence-corrected chi connectivity index (χ1v) is 7.12. The van der Waals surface area contributed by atoms with E-state index in [0.29, 0.717) is 13.0 Å². The van der Waals surface area contributed by atoms with Crippen LogP contribution >= 0.6 is 0 Å². The maximum absolute atomic E-state index is 13.2. The fraction of sp³-hybridized carbons (Fsp3) is 0.600. The molecule has 1 aromatic rings. The molecule has 2 N–H and O–H groups in total. The van der Waals surface area contributed by atoms with Crippen LogP contribution in [0.5, 0.6) is 11.5 Å². The molecule has 1 heterocycles. The van der Waals surface area contributed by atoms with Crippen molar-refractivity contribution in [3.8, 4) is 11.5 Å². The van der Waals surface area contributed by atoms with Crippen LogP contribution in [0.4, 0.5) is 13.2 Å². The van der Waals surface area contributed by atoms with Gasteiger partial charge >= 0.3 is 6.18 Å². The molecule has 6 heteroatoms. The van der Waals surface area contributed by atoms with E-state index in [9.17, 15) is 13.2 Å². The monoisotopic (exact) mass is 301 g/mol. The summed E-state index contributed by atoms with van der Waals surface area (Å²) in [6, 6.07) is 2.46. The molecule has 0 spiro atoms. The summed E-state index contributed by atoms with van der Waals surface area (Å²) in [6.45, 7) is 2.47. The summed E-state index contributed by atoms with van der Waals surface area (Å²) >= 11 is 0. The number of rotatable bonds is 2. The number of ether oxygens (including phenoxy) is 2. The standard InChI is InChI=1S/C15H18F3NO2/c1-9(19)14(5-6-14)10-3-4-11(15(16,17)18)13-12(10)20-7-2-8-21-13/h3-4,9H,2,5-8,19H2,1H3. The van der Waals surface area contributed by atoms with Crippen LogP contribution in [0.2, 0.25) is 0 Å². The normalized spacial score (nSPS) is 21.6. The van der Waals surface area contributed by atoms with Crippen LogP contribution in [0, 0.1) is 0 Å². The Bertz CT molecular complexity index is 551. The topological polar surface area (TPSA) is 44.5 Å². The largest absolute Gasteiger partial charge is 0.489 e. The first-order valence-electron chi connectivity index (χ1n) is 7.12. The number of fused-ring (bicyclic) bond motifs is 1. The Balaban J connectivity index is 2.16. The second-order valence-corrected chi connectivity index (χ2v) is 5.81. The van der Waals surface area contributed by atoms with E-state index in [0.717, 1.165) is 24.5 Å². The van der Waals surface area contributed by atoms with Crippen molar-refractivity contribution in [1.29, 1.82) is 0 Å². The second kappa shape index (κ2) is 4.80. The van der Waals surface area contributed by atoms with Crippen LogP contribution in [-0.4, -0.2) is 19.3 Å². The van der Waals surface area contributed by atoms with Gasteiger partial charge in [-0.05, 0) is 25.8 Å². The zero-order valence-electron chi connectivity index (χ0n) is 11.8. The van der Waals surface area contributed by atoms with Crippen molar-refractivity contribution < 1.29 is 22.6 Å². The molecule has 0 aromatic heterocycles. The van der Waals surface area contributed by atoms with Gasteiger partial charge < -0.3 is 15.2 Å². The van der Waals surface area contributed by atoms with Crippen molar-refractivity contribution in [3.05, 3.63) is 23.3 Å². The molecule has 2 aliphatic rings. The summed E-state index contributed by atoms with van der Waals surface area (Å²) in [5.74, 6) is 0.0570. The molecule has 1 atom stereocenters. The molecule has 1 fully saturated rings. The van der Waals surface area contributed by atoms with Crippen LogP contribution in [0.3, 0.4) is 0 Å². The maximum atomic E-state index is 13.2.